The number of esters is 1. The second-order valence-corrected chi connectivity index (χ2v) is 14.9. The van der Waals surface area contributed by atoms with E-state index < -0.39 is 19.9 Å². The van der Waals surface area contributed by atoms with Crippen LogP contribution in [0.15, 0.2) is 134 Å². The molecular weight excluding hydrogens is 746 g/mol. The lowest BCUT2D eigenvalue weighted by molar-refractivity contribution is -0.154. The summed E-state index contributed by atoms with van der Waals surface area (Å²) in [4.78, 5) is 22.5. The molecule has 0 rings (SSSR count). The van der Waals surface area contributed by atoms with E-state index in [1.165, 1.54) is 0 Å². The maximum atomic E-state index is 12.6. The molecule has 0 bridgehead atoms. The zero-order chi connectivity index (χ0) is 42.3. The van der Waals surface area contributed by atoms with Crippen molar-refractivity contribution in [2.45, 2.75) is 136 Å². The Hall–Kier alpha value is -3.36. The minimum Gasteiger partial charge on any atom is -0.457 e. The first-order valence-corrected chi connectivity index (χ1v) is 23.2. The Balaban J connectivity index is 4.26. The molecule has 58 heavy (non-hydrogen) atoms. The average molecular weight is 824 g/mol. The monoisotopic (exact) mass is 824 g/mol. The lowest BCUT2D eigenvalue weighted by Crippen LogP contribution is -2.28. The van der Waals surface area contributed by atoms with Crippen LogP contribution in [0.1, 0.15) is 129 Å². The molecule has 0 aromatic rings. The van der Waals surface area contributed by atoms with E-state index in [1.807, 2.05) is 0 Å². The van der Waals surface area contributed by atoms with E-state index in [4.69, 9.17) is 24.3 Å². The van der Waals surface area contributed by atoms with E-state index in [2.05, 4.69) is 148 Å². The summed E-state index contributed by atoms with van der Waals surface area (Å²) in [6.45, 7) is 4.47. The van der Waals surface area contributed by atoms with Gasteiger partial charge < -0.3 is 20.1 Å². The highest BCUT2D eigenvalue weighted by atomic mass is 31.2. The first kappa shape index (κ1) is 54.6. The fourth-order valence-electron chi connectivity index (χ4n) is 4.96. The summed E-state index contributed by atoms with van der Waals surface area (Å²) in [5.41, 5.74) is 5.36. The number of rotatable bonds is 39. The molecule has 2 unspecified atom stereocenters. The molecular formula is C49H78NO7P. The van der Waals surface area contributed by atoms with Gasteiger partial charge in [0, 0.05) is 19.6 Å². The number of allylic oxidation sites excluding steroid dienone is 22. The SMILES string of the molecule is CC/C=C\C/C=C\C/C=C\C/C=C\C/C=C\C/C=C\CCCCC(=O)OC(COCCCC/C=C\C/C=C\C/C=C\C/C=C\C/C=C\CC)COP(=O)(O)OCCN. The Morgan fingerprint density at radius 2 is 0.897 bits per heavy atom. The zero-order valence-electron chi connectivity index (χ0n) is 36.0. The summed E-state index contributed by atoms with van der Waals surface area (Å²) in [6, 6.07) is 0. The number of hydrogen-bond acceptors (Lipinski definition) is 7. The van der Waals surface area contributed by atoms with Crippen molar-refractivity contribution in [2.24, 2.45) is 5.73 Å². The lowest BCUT2D eigenvalue weighted by Gasteiger charge is -2.20. The Morgan fingerprint density at radius 1 is 0.517 bits per heavy atom. The van der Waals surface area contributed by atoms with Gasteiger partial charge in [-0.05, 0) is 109 Å². The van der Waals surface area contributed by atoms with Gasteiger partial charge in [0.2, 0.25) is 0 Å². The maximum Gasteiger partial charge on any atom is 0.472 e. The van der Waals surface area contributed by atoms with Gasteiger partial charge in [0.15, 0.2) is 0 Å². The highest BCUT2D eigenvalue weighted by Gasteiger charge is 2.25. The minimum absolute atomic E-state index is 0.0584. The van der Waals surface area contributed by atoms with Crippen LogP contribution in [0.4, 0.5) is 0 Å². The van der Waals surface area contributed by atoms with Gasteiger partial charge in [0.1, 0.15) is 6.10 Å². The van der Waals surface area contributed by atoms with Crippen molar-refractivity contribution in [2.75, 3.05) is 33.0 Å². The van der Waals surface area contributed by atoms with E-state index in [1.54, 1.807) is 0 Å². The molecule has 0 heterocycles. The van der Waals surface area contributed by atoms with Crippen molar-refractivity contribution < 1.29 is 32.8 Å². The van der Waals surface area contributed by atoms with Gasteiger partial charge in [0.25, 0.3) is 0 Å². The summed E-state index contributed by atoms with van der Waals surface area (Å²) < 4.78 is 33.3. The molecule has 0 aliphatic carbocycles. The number of ether oxygens (including phenoxy) is 2. The van der Waals surface area contributed by atoms with Crippen LogP contribution >= 0.6 is 7.82 Å². The number of phosphoric ester groups is 1. The van der Waals surface area contributed by atoms with Gasteiger partial charge in [-0.2, -0.15) is 0 Å². The summed E-state index contributed by atoms with van der Waals surface area (Å²) in [7, 11) is -4.31. The Labute approximate surface area is 353 Å². The molecule has 0 aliphatic rings. The fraction of sp³-hybridized carbons (Fsp3) is 0.531. The summed E-state index contributed by atoms with van der Waals surface area (Å²) in [6.07, 6.45) is 63.4. The third-order valence-corrected chi connectivity index (χ3v) is 9.05. The Kier molecular flexibility index (Phi) is 42.1. The topological polar surface area (TPSA) is 117 Å². The molecule has 2 atom stereocenters. The maximum absolute atomic E-state index is 12.6. The first-order chi connectivity index (χ1) is 28.4. The molecule has 9 heteroatoms. The van der Waals surface area contributed by atoms with Gasteiger partial charge in [-0.25, -0.2) is 4.57 Å². The van der Waals surface area contributed by atoms with Crippen molar-refractivity contribution in [3.8, 4) is 0 Å². The zero-order valence-corrected chi connectivity index (χ0v) is 36.9. The molecule has 0 fully saturated rings. The van der Waals surface area contributed by atoms with Crippen LogP contribution in [0.3, 0.4) is 0 Å². The van der Waals surface area contributed by atoms with Gasteiger partial charge in [-0.3, -0.25) is 13.8 Å². The molecule has 3 N–H and O–H groups in total. The van der Waals surface area contributed by atoms with E-state index >= 15 is 0 Å². The van der Waals surface area contributed by atoms with Crippen molar-refractivity contribution >= 4 is 13.8 Å². The lowest BCUT2D eigenvalue weighted by atomic mass is 10.2. The summed E-state index contributed by atoms with van der Waals surface area (Å²) in [5.74, 6) is -0.394. The van der Waals surface area contributed by atoms with Crippen LogP contribution in [0.5, 0.6) is 0 Å². The predicted molar refractivity (Wildman–Crippen MR) is 246 cm³/mol. The molecule has 0 aromatic carbocycles. The minimum atomic E-state index is -4.31. The third kappa shape index (κ3) is 43.8. The average Bonchev–Trinajstić information content (AvgIpc) is 3.21. The number of nitrogens with two attached hydrogens (primary N) is 1. The fourth-order valence-corrected chi connectivity index (χ4v) is 5.73. The van der Waals surface area contributed by atoms with Crippen molar-refractivity contribution in [1.29, 1.82) is 0 Å². The highest BCUT2D eigenvalue weighted by Crippen LogP contribution is 2.43. The highest BCUT2D eigenvalue weighted by molar-refractivity contribution is 7.47. The second-order valence-electron chi connectivity index (χ2n) is 13.4. The van der Waals surface area contributed by atoms with Crippen molar-refractivity contribution in [1.82, 2.24) is 0 Å². The molecule has 0 spiro atoms. The summed E-state index contributed by atoms with van der Waals surface area (Å²) in [5, 5.41) is 0. The molecule has 0 aliphatic heterocycles. The summed E-state index contributed by atoms with van der Waals surface area (Å²) >= 11 is 0. The van der Waals surface area contributed by atoms with Gasteiger partial charge in [-0.15, -0.1) is 0 Å². The van der Waals surface area contributed by atoms with Crippen LogP contribution in [0.25, 0.3) is 0 Å². The Morgan fingerprint density at radius 3 is 1.29 bits per heavy atom. The van der Waals surface area contributed by atoms with Crippen LogP contribution in [0.2, 0.25) is 0 Å². The van der Waals surface area contributed by atoms with Gasteiger partial charge >= 0.3 is 13.8 Å². The van der Waals surface area contributed by atoms with Gasteiger partial charge in [0.05, 0.1) is 19.8 Å². The molecule has 0 aromatic heterocycles. The van der Waals surface area contributed by atoms with Crippen LogP contribution in [0, 0.1) is 0 Å². The number of hydrogen-bond donors (Lipinski definition) is 2. The smallest absolute Gasteiger partial charge is 0.457 e. The molecule has 326 valence electrons. The van der Waals surface area contributed by atoms with E-state index in [9.17, 15) is 14.3 Å². The molecule has 0 saturated heterocycles. The number of phosphoric acid groups is 1. The van der Waals surface area contributed by atoms with Crippen LogP contribution in [-0.4, -0.2) is 49.9 Å². The molecule has 0 radical (unpaired) electrons. The number of carbonyl (C=O) groups is 1. The van der Waals surface area contributed by atoms with E-state index in [0.29, 0.717) is 13.0 Å². The normalized spacial score (nSPS) is 14.8. The predicted octanol–water partition coefficient (Wildman–Crippen LogP) is 13.2. The Bertz CT molecular complexity index is 1340. The van der Waals surface area contributed by atoms with Crippen molar-refractivity contribution in [3.05, 3.63) is 134 Å². The largest absolute Gasteiger partial charge is 0.472 e. The number of carbonyl (C=O) groups excluding carboxylic acids is 1. The van der Waals surface area contributed by atoms with Crippen LogP contribution in [-0.2, 0) is 27.9 Å². The number of unbranched alkanes of at least 4 members (excludes halogenated alkanes) is 4. The molecule has 0 amide bonds. The third-order valence-electron chi connectivity index (χ3n) is 8.06. The van der Waals surface area contributed by atoms with E-state index in [0.717, 1.165) is 103 Å². The standard InChI is InChI=1S/C49H78NO7P/c1-3-5-7-9-11-13-15-17-19-21-23-24-25-26-28-30-32-34-36-38-40-42-49(51)57-48(47-56-58(52,53)55-45-43-50)46-54-44-41-39-37-35-33-31-29-27-22-20-18-16-14-12-10-8-6-4-2/h5-8,11-14,17-20,23-24,26-29,32-35,48H,3-4,9-10,15-16,21-22,25,30-31,36-47,50H2,1-2H3,(H,52,53)/b7-5-,8-6-,13-11-,14-12-,19-17-,20-18-,24-23-,28-26-,29-27-,34-32-,35-33-. The van der Waals surface area contributed by atoms with Crippen LogP contribution < -0.4 is 5.73 Å². The molecule has 0 saturated carbocycles. The first-order valence-electron chi connectivity index (χ1n) is 21.7. The van der Waals surface area contributed by atoms with E-state index in [-0.39, 0.29) is 32.8 Å². The van der Waals surface area contributed by atoms with Crippen molar-refractivity contribution in [3.63, 3.8) is 0 Å². The molecule has 8 nitrogen and oxygen atoms in total. The van der Waals surface area contributed by atoms with Gasteiger partial charge in [-0.1, -0.05) is 148 Å². The second kappa shape index (κ2) is 44.7. The quantitative estimate of drug-likeness (QED) is 0.0272.